The monoisotopic (exact) mass is 311 g/mol. The van der Waals surface area contributed by atoms with Crippen LogP contribution >= 0.6 is 0 Å². The Morgan fingerprint density at radius 1 is 1.00 bits per heavy atom. The molecule has 0 fully saturated rings. The van der Waals surface area contributed by atoms with Gasteiger partial charge in [0, 0.05) is 11.3 Å². The molecule has 1 aromatic heterocycles. The number of aliphatic hydroxyl groups excluding tert-OH is 1. The van der Waals surface area contributed by atoms with Crippen LogP contribution in [0.1, 0.15) is 10.4 Å². The number of amides is 1. The van der Waals surface area contributed by atoms with Crippen LogP contribution < -0.4 is 21.6 Å². The summed E-state index contributed by atoms with van der Waals surface area (Å²) in [7, 11) is 0. The molecule has 8 heteroatoms. The van der Waals surface area contributed by atoms with Gasteiger partial charge in [0.15, 0.2) is 0 Å². The number of aromatic amines is 2. The van der Waals surface area contributed by atoms with Gasteiger partial charge < -0.3 is 31.0 Å². The van der Waals surface area contributed by atoms with Crippen molar-refractivity contribution in [3.8, 4) is 0 Å². The van der Waals surface area contributed by atoms with Gasteiger partial charge in [-0.2, -0.15) is 0 Å². The van der Waals surface area contributed by atoms with Crippen molar-refractivity contribution in [1.29, 1.82) is 0 Å². The van der Waals surface area contributed by atoms with Gasteiger partial charge in [0.25, 0.3) is 5.91 Å². The van der Waals surface area contributed by atoms with E-state index < -0.39 is 6.35 Å². The summed E-state index contributed by atoms with van der Waals surface area (Å²) in [6.45, 7) is 0. The minimum absolute atomic E-state index is 0.284. The lowest BCUT2D eigenvalue weighted by Crippen LogP contribution is -2.20. The normalized spacial score (nSPS) is 15.8. The highest BCUT2D eigenvalue weighted by Crippen LogP contribution is 2.29. The number of carbonyl (C=O) groups is 1. The standard InChI is InChI=1S/C15H13N5O3/c21-13(7-1-3-9-11(5-7)19-14(22)17-9)16-8-2-4-10-12(6-8)20-15(23)18-10/h1-6,14,17,19,22H,(H,16,21)(H2,18,20,23). The summed E-state index contributed by atoms with van der Waals surface area (Å²) in [6, 6.07) is 10.2. The first-order chi connectivity index (χ1) is 11.1. The molecule has 2 heterocycles. The maximum atomic E-state index is 12.3. The van der Waals surface area contributed by atoms with E-state index in [1.807, 2.05) is 0 Å². The van der Waals surface area contributed by atoms with Gasteiger partial charge in [0.05, 0.1) is 22.4 Å². The van der Waals surface area contributed by atoms with E-state index in [2.05, 4.69) is 25.9 Å². The zero-order valence-corrected chi connectivity index (χ0v) is 11.8. The first-order valence-electron chi connectivity index (χ1n) is 6.97. The van der Waals surface area contributed by atoms with Gasteiger partial charge in [-0.1, -0.05) is 0 Å². The molecule has 1 unspecified atom stereocenters. The highest BCUT2D eigenvalue weighted by molar-refractivity contribution is 6.06. The molecule has 1 aliphatic heterocycles. The summed E-state index contributed by atoms with van der Waals surface area (Å²) in [6.07, 6.45) is -0.851. The number of hydrogen-bond acceptors (Lipinski definition) is 5. The second-order valence-electron chi connectivity index (χ2n) is 5.25. The number of anilines is 3. The molecule has 1 amide bonds. The molecule has 3 aromatic rings. The molecule has 0 bridgehead atoms. The predicted octanol–water partition coefficient (Wildman–Crippen LogP) is 1.22. The molecular formula is C15H13N5O3. The number of aromatic nitrogens is 2. The van der Waals surface area contributed by atoms with Crippen LogP contribution in [-0.2, 0) is 0 Å². The van der Waals surface area contributed by atoms with Crippen molar-refractivity contribution in [3.05, 3.63) is 52.4 Å². The van der Waals surface area contributed by atoms with Crippen molar-refractivity contribution in [2.24, 2.45) is 0 Å². The van der Waals surface area contributed by atoms with Gasteiger partial charge in [-0.05, 0) is 36.4 Å². The maximum Gasteiger partial charge on any atom is 0.323 e. The van der Waals surface area contributed by atoms with Crippen molar-refractivity contribution in [1.82, 2.24) is 9.97 Å². The van der Waals surface area contributed by atoms with Gasteiger partial charge >= 0.3 is 5.69 Å². The highest BCUT2D eigenvalue weighted by atomic mass is 16.3. The summed E-state index contributed by atoms with van der Waals surface area (Å²) in [5.41, 5.74) is 3.43. The predicted molar refractivity (Wildman–Crippen MR) is 86.6 cm³/mol. The molecule has 8 nitrogen and oxygen atoms in total. The molecule has 2 aromatic carbocycles. The van der Waals surface area contributed by atoms with Crippen LogP contribution in [0.2, 0.25) is 0 Å². The van der Waals surface area contributed by atoms with Gasteiger partial charge in [0.1, 0.15) is 0 Å². The fraction of sp³-hybridized carbons (Fsp3) is 0.0667. The number of nitrogens with one attached hydrogen (secondary N) is 5. The average Bonchev–Trinajstić information content (AvgIpc) is 3.06. The molecule has 1 aliphatic rings. The zero-order valence-electron chi connectivity index (χ0n) is 11.8. The van der Waals surface area contributed by atoms with Crippen molar-refractivity contribution < 1.29 is 9.90 Å². The summed E-state index contributed by atoms with van der Waals surface area (Å²) in [5.74, 6) is -0.284. The minimum atomic E-state index is -0.851. The minimum Gasteiger partial charge on any atom is -0.357 e. The van der Waals surface area contributed by atoms with Gasteiger partial charge in [0.2, 0.25) is 6.35 Å². The highest BCUT2D eigenvalue weighted by Gasteiger charge is 2.18. The second kappa shape index (κ2) is 4.89. The molecule has 23 heavy (non-hydrogen) atoms. The summed E-state index contributed by atoms with van der Waals surface area (Å²) in [4.78, 5) is 28.9. The molecule has 0 saturated carbocycles. The summed E-state index contributed by atoms with van der Waals surface area (Å²) in [5, 5.41) is 17.9. The van der Waals surface area contributed by atoms with Crippen LogP contribution in [0.15, 0.2) is 41.2 Å². The van der Waals surface area contributed by atoms with Gasteiger partial charge in [-0.15, -0.1) is 0 Å². The Kier molecular flexibility index (Phi) is 2.85. The smallest absolute Gasteiger partial charge is 0.323 e. The van der Waals surface area contributed by atoms with E-state index in [1.165, 1.54) is 0 Å². The molecule has 4 rings (SSSR count). The second-order valence-corrected chi connectivity index (χ2v) is 5.25. The van der Waals surface area contributed by atoms with Crippen LogP contribution in [-0.4, -0.2) is 27.3 Å². The fourth-order valence-electron chi connectivity index (χ4n) is 2.58. The van der Waals surface area contributed by atoms with Crippen molar-refractivity contribution in [2.75, 3.05) is 16.0 Å². The zero-order chi connectivity index (χ0) is 16.0. The molecule has 116 valence electrons. The molecule has 0 spiro atoms. The molecule has 6 N–H and O–H groups in total. The Morgan fingerprint density at radius 2 is 1.78 bits per heavy atom. The van der Waals surface area contributed by atoms with Gasteiger partial charge in [-0.3, -0.25) is 4.79 Å². The summed E-state index contributed by atoms with van der Waals surface area (Å²) >= 11 is 0. The van der Waals surface area contributed by atoms with Crippen LogP contribution in [0, 0.1) is 0 Å². The number of imidazole rings is 1. The lowest BCUT2D eigenvalue weighted by Gasteiger charge is -2.07. The number of carbonyl (C=O) groups excluding carboxylic acids is 1. The average molecular weight is 311 g/mol. The van der Waals surface area contributed by atoms with E-state index >= 15 is 0 Å². The number of benzene rings is 2. The Hall–Kier alpha value is -3.26. The van der Waals surface area contributed by atoms with E-state index in [4.69, 9.17) is 0 Å². The van der Waals surface area contributed by atoms with Crippen LogP contribution in [0.25, 0.3) is 11.0 Å². The molecule has 0 aliphatic carbocycles. The largest absolute Gasteiger partial charge is 0.357 e. The Morgan fingerprint density at radius 3 is 2.65 bits per heavy atom. The molecule has 1 atom stereocenters. The maximum absolute atomic E-state index is 12.3. The number of rotatable bonds is 2. The number of fused-ring (bicyclic) bond motifs is 2. The summed E-state index contributed by atoms with van der Waals surface area (Å²) < 4.78 is 0. The van der Waals surface area contributed by atoms with E-state index in [1.54, 1.807) is 36.4 Å². The fourth-order valence-corrected chi connectivity index (χ4v) is 2.58. The lowest BCUT2D eigenvalue weighted by molar-refractivity contribution is 0.102. The topological polar surface area (TPSA) is 122 Å². The molecule has 0 radical (unpaired) electrons. The first kappa shape index (κ1) is 13.4. The van der Waals surface area contributed by atoms with Crippen molar-refractivity contribution in [2.45, 2.75) is 6.35 Å². The third-order valence-electron chi connectivity index (χ3n) is 3.64. The van der Waals surface area contributed by atoms with Crippen molar-refractivity contribution >= 4 is 34.0 Å². The van der Waals surface area contributed by atoms with E-state index in [0.717, 1.165) is 5.69 Å². The lowest BCUT2D eigenvalue weighted by atomic mass is 10.1. The molecular weight excluding hydrogens is 298 g/mol. The third kappa shape index (κ3) is 2.40. The number of hydrogen-bond donors (Lipinski definition) is 6. The third-order valence-corrected chi connectivity index (χ3v) is 3.64. The van der Waals surface area contributed by atoms with Crippen molar-refractivity contribution in [3.63, 3.8) is 0 Å². The van der Waals surface area contributed by atoms with E-state index in [9.17, 15) is 14.7 Å². The SMILES string of the molecule is O=C(Nc1ccc2[nH]c(=O)[nH]c2c1)c1ccc2c(c1)NC(O)N2. The quantitative estimate of drug-likeness (QED) is 0.425. The Labute approximate surface area is 129 Å². The number of aliphatic hydroxyl groups is 1. The Balaban J connectivity index is 1.59. The molecule has 0 saturated heterocycles. The van der Waals surface area contributed by atoms with E-state index in [-0.39, 0.29) is 11.6 Å². The Bertz CT molecular complexity index is 975. The van der Waals surface area contributed by atoms with Gasteiger partial charge in [-0.25, -0.2) is 4.79 Å². The van der Waals surface area contributed by atoms with E-state index in [0.29, 0.717) is 28.0 Å². The van der Waals surface area contributed by atoms with Crippen LogP contribution in [0.5, 0.6) is 0 Å². The first-order valence-corrected chi connectivity index (χ1v) is 6.97. The van der Waals surface area contributed by atoms with Crippen LogP contribution in [0.3, 0.4) is 0 Å². The van der Waals surface area contributed by atoms with Crippen LogP contribution in [0.4, 0.5) is 17.1 Å². The number of H-pyrrole nitrogens is 2.